The van der Waals surface area contributed by atoms with Gasteiger partial charge in [-0.1, -0.05) is 23.7 Å². The Morgan fingerprint density at radius 1 is 1.07 bits per heavy atom. The third kappa shape index (κ3) is 5.56. The zero-order valence-electron chi connectivity index (χ0n) is 21.8. The zero-order valence-corrected chi connectivity index (χ0v) is 22.5. The van der Waals surface area contributed by atoms with Crippen LogP contribution in [0.3, 0.4) is 0 Å². The van der Waals surface area contributed by atoms with Gasteiger partial charge in [-0.3, -0.25) is 9.69 Å². The molecule has 6 rings (SSSR count). The molecule has 11 heteroatoms. The second-order valence-electron chi connectivity index (χ2n) is 9.98. The van der Waals surface area contributed by atoms with Crippen LogP contribution in [-0.4, -0.2) is 75.2 Å². The molecule has 0 saturated carbocycles. The van der Waals surface area contributed by atoms with Gasteiger partial charge in [-0.05, 0) is 48.9 Å². The van der Waals surface area contributed by atoms with E-state index in [-0.39, 0.29) is 29.9 Å². The van der Waals surface area contributed by atoms with Gasteiger partial charge in [0.15, 0.2) is 5.76 Å². The number of hydrogen-bond donors (Lipinski definition) is 1. The Morgan fingerprint density at radius 3 is 2.60 bits per heavy atom. The molecular formula is C29H29ClN4O6. The molecule has 0 aliphatic carbocycles. The number of aromatic nitrogens is 2. The number of nitrogens with zero attached hydrogens (tertiary/aromatic N) is 4. The number of carboxylic acids is 1. The quantitative estimate of drug-likeness (QED) is 0.320. The van der Waals surface area contributed by atoms with Crippen molar-refractivity contribution in [2.24, 2.45) is 0 Å². The molecule has 2 aliphatic rings. The second kappa shape index (κ2) is 11.3. The number of rotatable bonds is 9. The molecule has 1 N–H and O–H groups in total. The second-order valence-corrected chi connectivity index (χ2v) is 10.4. The van der Waals surface area contributed by atoms with Crippen LogP contribution in [0.15, 0.2) is 59.0 Å². The maximum absolute atomic E-state index is 13.1. The molecular weight excluding hydrogens is 536 g/mol. The van der Waals surface area contributed by atoms with Gasteiger partial charge in [-0.15, -0.1) is 0 Å². The Kier molecular flexibility index (Phi) is 7.46. The molecule has 2 aromatic carbocycles. The summed E-state index contributed by atoms with van der Waals surface area (Å²) in [5.74, 6) is 1.13. The highest BCUT2D eigenvalue weighted by Gasteiger charge is 2.27. The highest BCUT2D eigenvalue weighted by molar-refractivity contribution is 6.32. The summed E-state index contributed by atoms with van der Waals surface area (Å²) in [6, 6.07) is 15.6. The van der Waals surface area contributed by atoms with Crippen LogP contribution in [0.5, 0.6) is 5.75 Å². The Morgan fingerprint density at radius 2 is 1.88 bits per heavy atom. The number of aromatic carboxylic acids is 1. The average molecular weight is 565 g/mol. The molecule has 0 spiro atoms. The number of carbonyl (C=O) groups is 2. The van der Waals surface area contributed by atoms with Gasteiger partial charge >= 0.3 is 5.97 Å². The Bertz CT molecular complexity index is 1540. The van der Waals surface area contributed by atoms with Crippen molar-refractivity contribution >= 4 is 34.5 Å². The number of benzene rings is 2. The Balaban J connectivity index is 1.08. The predicted octanol–water partition coefficient (Wildman–Crippen LogP) is 4.31. The van der Waals surface area contributed by atoms with Gasteiger partial charge in [0.2, 0.25) is 0 Å². The fraction of sp³-hybridized carbons (Fsp3) is 0.345. The summed E-state index contributed by atoms with van der Waals surface area (Å²) in [6.07, 6.45) is 1.08. The summed E-state index contributed by atoms with van der Waals surface area (Å²) in [7, 11) is 0. The lowest BCUT2D eigenvalue weighted by Crippen LogP contribution is -2.48. The lowest BCUT2D eigenvalue weighted by Gasteiger charge is -2.34. The molecule has 2 aliphatic heterocycles. The number of para-hydroxylation sites is 1. The number of imidazole rings is 1. The van der Waals surface area contributed by atoms with Crippen molar-refractivity contribution < 1.29 is 28.6 Å². The number of carboxylic acid groups (broad SMARTS) is 1. The van der Waals surface area contributed by atoms with E-state index in [0.29, 0.717) is 55.8 Å². The van der Waals surface area contributed by atoms with Gasteiger partial charge in [-0.2, -0.15) is 0 Å². The fourth-order valence-electron chi connectivity index (χ4n) is 5.01. The van der Waals surface area contributed by atoms with Crippen molar-refractivity contribution in [3.8, 4) is 5.75 Å². The van der Waals surface area contributed by atoms with E-state index in [9.17, 15) is 14.7 Å². The minimum atomic E-state index is -0.964. The number of ether oxygens (including phenoxy) is 2. The number of amides is 1. The summed E-state index contributed by atoms with van der Waals surface area (Å²) in [5.41, 5.74) is 1.80. The van der Waals surface area contributed by atoms with Crippen molar-refractivity contribution in [2.45, 2.75) is 32.2 Å². The average Bonchev–Trinajstić information content (AvgIpc) is 3.54. The summed E-state index contributed by atoms with van der Waals surface area (Å²) in [6.45, 7) is 4.61. The fourth-order valence-corrected chi connectivity index (χ4v) is 5.20. The first-order valence-electron chi connectivity index (χ1n) is 13.3. The summed E-state index contributed by atoms with van der Waals surface area (Å²) < 4.78 is 19.2. The molecule has 10 nitrogen and oxygen atoms in total. The maximum atomic E-state index is 13.1. The largest absolute Gasteiger partial charge is 0.484 e. The van der Waals surface area contributed by atoms with Gasteiger partial charge in [0.25, 0.3) is 5.91 Å². The van der Waals surface area contributed by atoms with E-state index in [1.54, 1.807) is 47.4 Å². The maximum Gasteiger partial charge on any atom is 0.335 e. The lowest BCUT2D eigenvalue weighted by atomic mass is 10.1. The van der Waals surface area contributed by atoms with Crippen LogP contribution >= 0.6 is 11.6 Å². The van der Waals surface area contributed by atoms with Crippen LogP contribution in [-0.2, 0) is 24.4 Å². The van der Waals surface area contributed by atoms with E-state index in [1.807, 2.05) is 12.1 Å². The topological polar surface area (TPSA) is 110 Å². The highest BCUT2D eigenvalue weighted by atomic mass is 35.5. The van der Waals surface area contributed by atoms with Gasteiger partial charge in [0.1, 0.15) is 23.9 Å². The molecule has 40 heavy (non-hydrogen) atoms. The lowest BCUT2D eigenvalue weighted by molar-refractivity contribution is -0.0592. The number of halogens is 1. The Hall–Kier alpha value is -3.86. The molecule has 2 saturated heterocycles. The van der Waals surface area contributed by atoms with Crippen LogP contribution in [0.1, 0.15) is 38.9 Å². The predicted molar refractivity (Wildman–Crippen MR) is 147 cm³/mol. The highest BCUT2D eigenvalue weighted by Crippen LogP contribution is 2.26. The van der Waals surface area contributed by atoms with E-state index in [4.69, 9.17) is 30.5 Å². The van der Waals surface area contributed by atoms with Gasteiger partial charge in [-0.25, -0.2) is 9.78 Å². The molecule has 0 unspecified atom stereocenters. The van der Waals surface area contributed by atoms with Crippen molar-refractivity contribution in [3.63, 3.8) is 0 Å². The minimum Gasteiger partial charge on any atom is -0.484 e. The molecule has 1 atom stereocenters. The number of piperazine rings is 1. The number of hydrogen-bond acceptors (Lipinski definition) is 7. The van der Waals surface area contributed by atoms with Crippen LogP contribution in [0, 0.1) is 0 Å². The molecule has 4 aromatic rings. The zero-order chi connectivity index (χ0) is 27.6. The van der Waals surface area contributed by atoms with Crippen molar-refractivity contribution in [3.05, 3.63) is 82.5 Å². The normalized spacial score (nSPS) is 17.6. The number of carbonyl (C=O) groups excluding carboxylic acids is 1. The molecule has 4 heterocycles. The third-order valence-corrected chi connectivity index (χ3v) is 7.67. The van der Waals surface area contributed by atoms with Gasteiger partial charge < -0.3 is 28.5 Å². The first kappa shape index (κ1) is 26.4. The van der Waals surface area contributed by atoms with Crippen LogP contribution in [0.4, 0.5) is 0 Å². The molecule has 2 aromatic heterocycles. The van der Waals surface area contributed by atoms with Crippen LogP contribution < -0.4 is 4.74 Å². The van der Waals surface area contributed by atoms with E-state index in [1.165, 1.54) is 0 Å². The monoisotopic (exact) mass is 564 g/mol. The number of fused-ring (bicyclic) bond motifs is 1. The van der Waals surface area contributed by atoms with Gasteiger partial charge in [0, 0.05) is 32.8 Å². The minimum absolute atomic E-state index is 0.104. The van der Waals surface area contributed by atoms with E-state index in [2.05, 4.69) is 9.47 Å². The third-order valence-electron chi connectivity index (χ3n) is 7.36. The Labute approximate surface area is 235 Å². The van der Waals surface area contributed by atoms with Crippen LogP contribution in [0.25, 0.3) is 11.0 Å². The smallest absolute Gasteiger partial charge is 0.335 e. The standard InChI is InChI=1S/C29H29ClN4O6/c30-22-3-1-2-4-25(22)39-18-21-6-8-26(40-21)28(35)33-12-10-32(11-13-33)17-27-31-23-7-5-19(29(36)37)15-24(23)34(27)16-20-9-14-38-20/h1-8,15,20H,9-14,16-18H2,(H,36,37)/t20-/m0/s1. The number of furan rings is 1. The molecule has 2 fully saturated rings. The van der Waals surface area contributed by atoms with E-state index < -0.39 is 5.97 Å². The van der Waals surface area contributed by atoms with Crippen molar-refractivity contribution in [1.82, 2.24) is 19.4 Å². The van der Waals surface area contributed by atoms with Crippen molar-refractivity contribution in [1.29, 1.82) is 0 Å². The van der Waals surface area contributed by atoms with Crippen molar-refractivity contribution in [2.75, 3.05) is 32.8 Å². The van der Waals surface area contributed by atoms with E-state index >= 15 is 0 Å². The molecule has 0 radical (unpaired) electrons. The summed E-state index contributed by atoms with van der Waals surface area (Å²) in [5, 5.41) is 9.98. The first-order chi connectivity index (χ1) is 19.4. The summed E-state index contributed by atoms with van der Waals surface area (Å²) in [4.78, 5) is 33.5. The molecule has 1 amide bonds. The van der Waals surface area contributed by atoms with Gasteiger partial charge in [0.05, 0.1) is 40.8 Å². The summed E-state index contributed by atoms with van der Waals surface area (Å²) >= 11 is 6.14. The molecule has 208 valence electrons. The molecule has 0 bridgehead atoms. The first-order valence-corrected chi connectivity index (χ1v) is 13.6. The van der Waals surface area contributed by atoms with Crippen LogP contribution in [0.2, 0.25) is 5.02 Å². The SMILES string of the molecule is O=C(O)c1ccc2nc(CN3CCN(C(=O)c4ccc(COc5ccccc5Cl)o4)CC3)n(C[C@@H]3CCO3)c2c1. The van der Waals surface area contributed by atoms with E-state index in [0.717, 1.165) is 29.9 Å².